The van der Waals surface area contributed by atoms with Gasteiger partial charge in [0.15, 0.2) is 41.2 Å². The van der Waals surface area contributed by atoms with E-state index >= 15 is 0 Å². The number of carbonyl (C=O) groups is 5. The van der Waals surface area contributed by atoms with Crippen molar-refractivity contribution in [2.24, 2.45) is 0 Å². The normalized spacial score (nSPS) is 15.1. The van der Waals surface area contributed by atoms with Crippen LogP contribution >= 0.6 is 35.3 Å². The van der Waals surface area contributed by atoms with E-state index in [9.17, 15) is 69.8 Å². The molecule has 15 nitrogen and oxygen atoms in total. The van der Waals surface area contributed by atoms with E-state index in [1.54, 1.807) is 0 Å². The summed E-state index contributed by atoms with van der Waals surface area (Å²) in [4.78, 5) is 99.9. The van der Waals surface area contributed by atoms with Crippen LogP contribution < -0.4 is 16.7 Å². The number of ether oxygens (including phenoxy) is 3. The molecule has 3 aromatic carbocycles. The number of esters is 3. The van der Waals surface area contributed by atoms with Crippen LogP contribution in [-0.4, -0.2) is 87.6 Å². The van der Waals surface area contributed by atoms with Crippen LogP contribution in [-0.2, 0) is 47.9 Å². The first-order chi connectivity index (χ1) is 44.2. The topological polar surface area (TPSA) is 199 Å². The predicted octanol–water partition coefficient (Wildman–Crippen LogP) is 14.9. The summed E-state index contributed by atoms with van der Waals surface area (Å²) in [6.45, 7) is 6.35. The number of benzene rings is 3. The van der Waals surface area contributed by atoms with Crippen molar-refractivity contribution < 1.29 is 69.6 Å². The molecule has 9 rings (SSSR count). The number of halogens is 6. The van der Waals surface area contributed by atoms with Gasteiger partial charge in [-0.25, -0.2) is 45.5 Å². The molecular formula is C68H75F6N3O12S3. The second-order valence-electron chi connectivity index (χ2n) is 22.4. The fourth-order valence-corrected chi connectivity index (χ4v) is 15.7. The molecule has 6 aromatic rings. The Morgan fingerprint density at radius 1 is 0.478 bits per heavy atom. The van der Waals surface area contributed by atoms with E-state index in [-0.39, 0.29) is 33.8 Å². The molecule has 0 amide bonds. The molecule has 0 bridgehead atoms. The maximum atomic E-state index is 14.1. The van der Waals surface area contributed by atoms with Crippen molar-refractivity contribution in [2.75, 3.05) is 38.6 Å². The van der Waals surface area contributed by atoms with E-state index in [0.29, 0.717) is 86.2 Å². The molecule has 0 saturated carbocycles. The number of hydrogen-bond donors (Lipinski definition) is 1. The molecule has 494 valence electrons. The van der Waals surface area contributed by atoms with Gasteiger partial charge in [0.25, 0.3) is 16.7 Å². The lowest BCUT2D eigenvalue weighted by molar-refractivity contribution is -0.144. The molecule has 6 heterocycles. The zero-order valence-corrected chi connectivity index (χ0v) is 54.7. The molecular weight excluding hydrogens is 1260 g/mol. The number of aromatic nitrogens is 3. The lowest BCUT2D eigenvalue weighted by Gasteiger charge is -2.20. The molecule has 0 aliphatic carbocycles. The van der Waals surface area contributed by atoms with Crippen molar-refractivity contribution in [1.29, 1.82) is 0 Å². The smallest absolute Gasteiger partial charge is 0.341 e. The quantitative estimate of drug-likeness (QED) is 0.0177. The van der Waals surface area contributed by atoms with Crippen molar-refractivity contribution in [3.8, 4) is 33.4 Å². The summed E-state index contributed by atoms with van der Waals surface area (Å²) in [5.41, 5.74) is 2.21. The molecule has 3 aliphatic rings. The zero-order chi connectivity index (χ0) is 66.9. The van der Waals surface area contributed by atoms with Crippen LogP contribution in [0.4, 0.5) is 26.3 Å². The maximum Gasteiger partial charge on any atom is 0.341 e. The molecule has 3 aliphatic heterocycles. The third-order valence-corrected chi connectivity index (χ3v) is 19.8. The molecule has 0 fully saturated rings. The van der Waals surface area contributed by atoms with Crippen molar-refractivity contribution in [2.45, 2.75) is 170 Å². The van der Waals surface area contributed by atoms with Crippen molar-refractivity contribution in [3.63, 3.8) is 0 Å². The summed E-state index contributed by atoms with van der Waals surface area (Å²) in [5.74, 6) is -8.31. The van der Waals surface area contributed by atoms with E-state index in [2.05, 4.69) is 20.8 Å². The Kier molecular flexibility index (Phi) is 26.7. The lowest BCUT2D eigenvalue weighted by Crippen LogP contribution is -2.34. The van der Waals surface area contributed by atoms with Gasteiger partial charge in [0.1, 0.15) is 23.7 Å². The summed E-state index contributed by atoms with van der Waals surface area (Å²) >= 11 is 3.85. The predicted molar refractivity (Wildman–Crippen MR) is 343 cm³/mol. The van der Waals surface area contributed by atoms with Crippen molar-refractivity contribution in [3.05, 3.63) is 154 Å². The average molecular weight is 1340 g/mol. The number of nitrogens with zero attached hydrogens (tertiary/aromatic N) is 3. The van der Waals surface area contributed by atoms with Crippen LogP contribution in [0, 0.1) is 34.9 Å². The Hall–Kier alpha value is -7.31. The van der Waals surface area contributed by atoms with E-state index in [1.807, 2.05) is 0 Å². The van der Waals surface area contributed by atoms with E-state index in [1.165, 1.54) is 96.4 Å². The first-order valence-electron chi connectivity index (χ1n) is 30.8. The maximum absolute atomic E-state index is 14.1. The standard InChI is InChI=1S/C23H25F2NO5S.C23H25F2NO4S.C22H25F2NO3S/c1-3-4-5-6-7-8-14-18(13-9-10-15(24)16(25)11-13)21-26(20(27)19(14)22(28)29)17(12-32-21)23(30)31-2;1-3-4-5-6-7-8-15-16(12-27)21(28)26-19(23(29)30-2)13-31-22(26)20(15)14-9-10-17(24)18(25)11-14;1-3-4-5-6-7-8-14-12-19(26)25-18(22(27)28-2)13-29-21(25)20(14)15-9-10-16(23)17(24)11-15/h9-11,17H,3-8,12H2,1-2H3,(H,28,29);9-12,19H,3-8,13H2,1-2H3;9-12,18H,3-8,13H2,1-2H3/t17-;19-;18-/m000/s1. The average Bonchev–Trinajstić information content (AvgIpc) is 1.48. The number of pyridine rings is 3. The van der Waals surface area contributed by atoms with Gasteiger partial charge in [-0.1, -0.05) is 116 Å². The minimum Gasteiger partial charge on any atom is -0.477 e. The summed E-state index contributed by atoms with van der Waals surface area (Å²) in [6.07, 6.45) is 16.8. The van der Waals surface area contributed by atoms with Crippen LogP contribution in [0.25, 0.3) is 33.4 Å². The highest BCUT2D eigenvalue weighted by molar-refractivity contribution is 8.00. The van der Waals surface area contributed by atoms with Gasteiger partial charge in [-0.05, 0) is 108 Å². The van der Waals surface area contributed by atoms with E-state index < -0.39 is 93.6 Å². The van der Waals surface area contributed by atoms with Crippen LogP contribution in [0.2, 0.25) is 0 Å². The van der Waals surface area contributed by atoms with Gasteiger partial charge in [0, 0.05) is 40.0 Å². The Morgan fingerprint density at radius 3 is 1.23 bits per heavy atom. The number of methoxy groups -OCH3 is 3. The summed E-state index contributed by atoms with van der Waals surface area (Å²) in [6, 6.07) is 9.56. The molecule has 0 radical (unpaired) electrons. The van der Waals surface area contributed by atoms with Gasteiger partial charge >= 0.3 is 23.9 Å². The number of unbranched alkanes of at least 4 members (excludes halogenated alkanes) is 12. The number of aryl methyl sites for hydroxylation is 1. The number of rotatable bonds is 26. The minimum absolute atomic E-state index is 0.0459. The lowest BCUT2D eigenvalue weighted by atomic mass is 9.92. The summed E-state index contributed by atoms with van der Waals surface area (Å²) in [5, 5.41) is 11.4. The van der Waals surface area contributed by atoms with Gasteiger partial charge in [0.05, 0.1) is 42.0 Å². The van der Waals surface area contributed by atoms with Gasteiger partial charge < -0.3 is 19.3 Å². The second kappa shape index (κ2) is 34.0. The molecule has 3 aromatic heterocycles. The number of thioether (sulfide) groups is 3. The number of carboxylic acids is 1. The van der Waals surface area contributed by atoms with Crippen LogP contribution in [0.5, 0.6) is 0 Å². The van der Waals surface area contributed by atoms with Crippen molar-refractivity contribution in [1.82, 2.24) is 13.7 Å². The van der Waals surface area contributed by atoms with E-state index in [0.717, 1.165) is 130 Å². The number of hydrogen-bond acceptors (Lipinski definition) is 14. The van der Waals surface area contributed by atoms with Crippen molar-refractivity contribution >= 4 is 65.4 Å². The molecule has 1 N–H and O–H groups in total. The van der Waals surface area contributed by atoms with Gasteiger partial charge in [-0.2, -0.15) is 0 Å². The number of aldehydes is 1. The monoisotopic (exact) mass is 1340 g/mol. The van der Waals surface area contributed by atoms with E-state index in [4.69, 9.17) is 14.2 Å². The van der Waals surface area contributed by atoms with Gasteiger partial charge in [0.2, 0.25) is 0 Å². The summed E-state index contributed by atoms with van der Waals surface area (Å²) in [7, 11) is 3.71. The fourth-order valence-electron chi connectivity index (χ4n) is 11.7. The Bertz CT molecular complexity index is 3890. The Labute approximate surface area is 542 Å². The summed E-state index contributed by atoms with van der Waals surface area (Å²) < 4.78 is 101. The molecule has 92 heavy (non-hydrogen) atoms. The second-order valence-corrected chi connectivity index (χ2v) is 25.4. The minimum atomic E-state index is -1.42. The van der Waals surface area contributed by atoms with Gasteiger partial charge in [-0.15, -0.1) is 35.3 Å². The Morgan fingerprint density at radius 2 is 0.837 bits per heavy atom. The fraction of sp³-hybridized carbons (Fsp3) is 0.441. The molecule has 24 heteroatoms. The first-order valence-corrected chi connectivity index (χ1v) is 33.8. The number of aromatic carboxylic acids is 1. The highest BCUT2D eigenvalue weighted by Gasteiger charge is 2.39. The highest BCUT2D eigenvalue weighted by Crippen LogP contribution is 2.46. The van der Waals surface area contributed by atoms with Gasteiger partial charge in [-0.3, -0.25) is 32.9 Å². The number of fused-ring (bicyclic) bond motifs is 3. The molecule has 0 spiro atoms. The van der Waals surface area contributed by atoms with Crippen LogP contribution in [0.15, 0.2) is 90.1 Å². The molecule has 3 atom stereocenters. The Balaban J connectivity index is 0.000000196. The first kappa shape index (κ1) is 72.1. The largest absolute Gasteiger partial charge is 0.477 e. The van der Waals surface area contributed by atoms with Crippen LogP contribution in [0.1, 0.15) is 173 Å². The molecule has 0 saturated heterocycles. The highest BCUT2D eigenvalue weighted by atomic mass is 32.2. The SMILES string of the molecule is CCCCCCCc1c(-c2ccc(F)c(F)c2)c2n(c(=O)c1C(=O)O)[C@H](C(=O)OC)CS2.CCCCCCCc1c(-c2ccc(F)c(F)c2)c2n(c(=O)c1C=O)[C@H](C(=O)OC)CS2.CCCCCCCc1cc(=O)n2c(c1-c1ccc(F)c(F)c1)SC[C@H]2C(=O)OC. The number of carboxylic acid groups (broad SMARTS) is 1. The third kappa shape index (κ3) is 16.4. The molecule has 0 unspecified atom stereocenters. The zero-order valence-electron chi connectivity index (χ0n) is 52.2. The third-order valence-electron chi connectivity index (χ3n) is 16.3. The van der Waals surface area contributed by atoms with Crippen LogP contribution in [0.3, 0.4) is 0 Å². The number of carbonyl (C=O) groups excluding carboxylic acids is 4.